The molecule has 0 aromatic carbocycles. The summed E-state index contributed by atoms with van der Waals surface area (Å²) in [5.74, 6) is 0.554. The van der Waals surface area contributed by atoms with E-state index in [1.807, 2.05) is 32.5 Å². The molecule has 1 atom stereocenters. The topological polar surface area (TPSA) is 47.6 Å². The third kappa shape index (κ3) is 4.78. The summed E-state index contributed by atoms with van der Waals surface area (Å²) in [5.41, 5.74) is -0.605. The van der Waals surface area contributed by atoms with Gasteiger partial charge in [0, 0.05) is 30.3 Å². The third-order valence-electron chi connectivity index (χ3n) is 3.02. The molecule has 1 heterocycles. The molecule has 1 unspecified atom stereocenters. The van der Waals surface area contributed by atoms with E-state index in [9.17, 15) is 4.79 Å². The molecule has 106 valence electrons. The number of rotatable bonds is 6. The van der Waals surface area contributed by atoms with Gasteiger partial charge in [0.2, 0.25) is 0 Å². The summed E-state index contributed by atoms with van der Waals surface area (Å²) in [7, 11) is 1.45. The Morgan fingerprint density at radius 1 is 1.50 bits per heavy atom. The highest BCUT2D eigenvalue weighted by Crippen LogP contribution is 2.26. The van der Waals surface area contributed by atoms with E-state index in [4.69, 9.17) is 9.47 Å². The standard InChI is InChI=1S/C13H25NO3S/c1-10(2)14-13(3,12(15)16-4)9-18-11-5-7-17-8-6-11/h10-11,14H,5-9H2,1-4H3. The molecule has 1 aliphatic rings. The Bertz CT molecular complexity index is 267. The molecule has 0 spiro atoms. The van der Waals surface area contributed by atoms with Crippen molar-refractivity contribution in [1.29, 1.82) is 0 Å². The highest BCUT2D eigenvalue weighted by Gasteiger charge is 2.35. The van der Waals surface area contributed by atoms with Crippen molar-refractivity contribution in [1.82, 2.24) is 5.32 Å². The average molecular weight is 275 g/mol. The molecule has 18 heavy (non-hydrogen) atoms. The van der Waals surface area contributed by atoms with E-state index in [0.717, 1.165) is 31.8 Å². The Morgan fingerprint density at radius 3 is 2.61 bits per heavy atom. The Labute approximate surface area is 114 Å². The average Bonchev–Trinajstić information content (AvgIpc) is 2.36. The molecule has 0 aromatic rings. The van der Waals surface area contributed by atoms with E-state index >= 15 is 0 Å². The van der Waals surface area contributed by atoms with Crippen LogP contribution < -0.4 is 5.32 Å². The number of carbonyl (C=O) groups is 1. The van der Waals surface area contributed by atoms with Crippen LogP contribution in [0.2, 0.25) is 0 Å². The molecule has 0 aliphatic carbocycles. The van der Waals surface area contributed by atoms with Crippen molar-refractivity contribution in [3.63, 3.8) is 0 Å². The van der Waals surface area contributed by atoms with Gasteiger partial charge in [-0.15, -0.1) is 0 Å². The maximum Gasteiger partial charge on any atom is 0.326 e. The second-order valence-electron chi connectivity index (χ2n) is 5.25. The van der Waals surface area contributed by atoms with Crippen LogP contribution in [0.15, 0.2) is 0 Å². The summed E-state index contributed by atoms with van der Waals surface area (Å²) >= 11 is 1.85. The molecule has 1 fully saturated rings. The number of carbonyl (C=O) groups excluding carboxylic acids is 1. The Morgan fingerprint density at radius 2 is 2.11 bits per heavy atom. The van der Waals surface area contributed by atoms with Crippen LogP contribution in [0.1, 0.15) is 33.6 Å². The van der Waals surface area contributed by atoms with Gasteiger partial charge < -0.3 is 9.47 Å². The van der Waals surface area contributed by atoms with Crippen molar-refractivity contribution >= 4 is 17.7 Å². The molecular weight excluding hydrogens is 250 g/mol. The molecule has 0 aromatic heterocycles. The first-order valence-corrected chi connectivity index (χ1v) is 7.58. The van der Waals surface area contributed by atoms with Gasteiger partial charge in [-0.2, -0.15) is 11.8 Å². The SMILES string of the molecule is COC(=O)C(C)(CSC1CCOCC1)NC(C)C. The number of nitrogens with one attached hydrogen (secondary N) is 1. The van der Waals surface area contributed by atoms with Crippen molar-refractivity contribution in [2.75, 3.05) is 26.1 Å². The lowest BCUT2D eigenvalue weighted by Crippen LogP contribution is -2.55. The van der Waals surface area contributed by atoms with E-state index < -0.39 is 5.54 Å². The lowest BCUT2D eigenvalue weighted by molar-refractivity contribution is -0.147. The second kappa shape index (κ2) is 7.36. The Balaban J connectivity index is 2.52. The minimum atomic E-state index is -0.605. The number of hydrogen-bond acceptors (Lipinski definition) is 5. The summed E-state index contributed by atoms with van der Waals surface area (Å²) in [5, 5.41) is 3.91. The van der Waals surface area contributed by atoms with Crippen LogP contribution in [-0.2, 0) is 14.3 Å². The molecule has 1 rings (SSSR count). The van der Waals surface area contributed by atoms with Crippen LogP contribution in [0.4, 0.5) is 0 Å². The third-order valence-corrected chi connectivity index (χ3v) is 4.71. The van der Waals surface area contributed by atoms with Crippen molar-refractivity contribution in [2.24, 2.45) is 0 Å². The van der Waals surface area contributed by atoms with Crippen LogP contribution in [0.5, 0.6) is 0 Å². The van der Waals surface area contributed by atoms with E-state index in [0.29, 0.717) is 5.25 Å². The van der Waals surface area contributed by atoms with Gasteiger partial charge in [0.15, 0.2) is 0 Å². The van der Waals surface area contributed by atoms with Crippen molar-refractivity contribution < 1.29 is 14.3 Å². The van der Waals surface area contributed by atoms with Crippen LogP contribution in [0.25, 0.3) is 0 Å². The Hall–Kier alpha value is -0.260. The quantitative estimate of drug-likeness (QED) is 0.749. The van der Waals surface area contributed by atoms with Crippen LogP contribution in [0.3, 0.4) is 0 Å². The zero-order valence-corrected chi connectivity index (χ0v) is 12.6. The molecule has 0 bridgehead atoms. The second-order valence-corrected chi connectivity index (χ2v) is 6.53. The zero-order chi connectivity index (χ0) is 13.6. The number of hydrogen-bond donors (Lipinski definition) is 1. The van der Waals surface area contributed by atoms with Gasteiger partial charge in [-0.3, -0.25) is 10.1 Å². The summed E-state index contributed by atoms with van der Waals surface area (Å²) in [6, 6.07) is 0.254. The highest BCUT2D eigenvalue weighted by atomic mass is 32.2. The fourth-order valence-corrected chi connectivity index (χ4v) is 3.45. The van der Waals surface area contributed by atoms with Crippen LogP contribution in [-0.4, -0.2) is 48.9 Å². The Kier molecular flexibility index (Phi) is 6.46. The van der Waals surface area contributed by atoms with Gasteiger partial charge in [0.25, 0.3) is 0 Å². The number of ether oxygens (including phenoxy) is 2. The molecule has 5 heteroatoms. The molecular formula is C13H25NO3S. The first-order chi connectivity index (χ1) is 8.48. The number of esters is 1. The summed E-state index contributed by atoms with van der Waals surface area (Å²) in [6.07, 6.45) is 2.15. The summed E-state index contributed by atoms with van der Waals surface area (Å²) in [6.45, 7) is 7.68. The molecule has 4 nitrogen and oxygen atoms in total. The van der Waals surface area contributed by atoms with Crippen LogP contribution in [0, 0.1) is 0 Å². The van der Waals surface area contributed by atoms with E-state index in [1.54, 1.807) is 0 Å². The number of thioether (sulfide) groups is 1. The largest absolute Gasteiger partial charge is 0.468 e. The number of methoxy groups -OCH3 is 1. The normalized spacial score (nSPS) is 20.7. The highest BCUT2D eigenvalue weighted by molar-refractivity contribution is 8.00. The van der Waals surface area contributed by atoms with Crippen molar-refractivity contribution in [2.45, 2.75) is 50.4 Å². The monoisotopic (exact) mass is 275 g/mol. The van der Waals surface area contributed by atoms with Gasteiger partial charge in [0.05, 0.1) is 7.11 Å². The zero-order valence-electron chi connectivity index (χ0n) is 11.8. The smallest absolute Gasteiger partial charge is 0.326 e. The van der Waals surface area contributed by atoms with Crippen molar-refractivity contribution in [3.8, 4) is 0 Å². The maximum absolute atomic E-state index is 11.9. The van der Waals surface area contributed by atoms with Crippen molar-refractivity contribution in [3.05, 3.63) is 0 Å². The fourth-order valence-electron chi connectivity index (χ4n) is 2.15. The summed E-state index contributed by atoms with van der Waals surface area (Å²) in [4.78, 5) is 11.9. The van der Waals surface area contributed by atoms with Gasteiger partial charge in [-0.1, -0.05) is 0 Å². The summed E-state index contributed by atoms with van der Waals surface area (Å²) < 4.78 is 10.3. The van der Waals surface area contributed by atoms with Gasteiger partial charge in [0.1, 0.15) is 5.54 Å². The molecule has 1 saturated heterocycles. The lowest BCUT2D eigenvalue weighted by atomic mass is 10.0. The van der Waals surface area contributed by atoms with E-state index in [2.05, 4.69) is 5.32 Å². The first kappa shape index (κ1) is 15.8. The molecule has 0 saturated carbocycles. The predicted molar refractivity (Wildman–Crippen MR) is 75.0 cm³/mol. The lowest BCUT2D eigenvalue weighted by Gasteiger charge is -2.32. The fraction of sp³-hybridized carbons (Fsp3) is 0.923. The predicted octanol–water partition coefficient (Wildman–Crippen LogP) is 1.83. The minimum absolute atomic E-state index is 0.184. The van der Waals surface area contributed by atoms with E-state index in [-0.39, 0.29) is 12.0 Å². The molecule has 0 radical (unpaired) electrons. The van der Waals surface area contributed by atoms with Gasteiger partial charge in [-0.25, -0.2) is 0 Å². The molecule has 0 amide bonds. The van der Waals surface area contributed by atoms with Gasteiger partial charge >= 0.3 is 5.97 Å². The van der Waals surface area contributed by atoms with Gasteiger partial charge in [-0.05, 0) is 33.6 Å². The first-order valence-electron chi connectivity index (χ1n) is 6.53. The molecule has 1 aliphatic heterocycles. The van der Waals surface area contributed by atoms with Crippen LogP contribution >= 0.6 is 11.8 Å². The molecule has 1 N–H and O–H groups in total. The maximum atomic E-state index is 11.9. The minimum Gasteiger partial charge on any atom is -0.468 e. The van der Waals surface area contributed by atoms with E-state index in [1.165, 1.54) is 7.11 Å².